The molecule has 33 heavy (non-hydrogen) atoms. The first kappa shape index (κ1) is 22.3. The van der Waals surface area contributed by atoms with Gasteiger partial charge in [-0.2, -0.15) is 0 Å². The second-order valence-corrected chi connectivity index (χ2v) is 7.99. The molecule has 0 unspecified atom stereocenters. The van der Waals surface area contributed by atoms with Crippen molar-refractivity contribution >= 4 is 40.9 Å². The molecule has 10 heteroatoms. The van der Waals surface area contributed by atoms with Gasteiger partial charge in [-0.05, 0) is 49.1 Å². The Morgan fingerprint density at radius 2 is 1.97 bits per heavy atom. The number of carbonyl (C=O) groups excluding carboxylic acids is 2. The van der Waals surface area contributed by atoms with Gasteiger partial charge in [-0.1, -0.05) is 0 Å². The number of amides is 2. The zero-order chi connectivity index (χ0) is 23.5. The molecule has 0 aromatic carbocycles. The molecule has 0 fully saturated rings. The van der Waals surface area contributed by atoms with Crippen molar-refractivity contribution in [2.75, 3.05) is 30.6 Å². The third-order valence-corrected chi connectivity index (χ3v) is 5.85. The van der Waals surface area contributed by atoms with Crippen LogP contribution in [0, 0.1) is 6.92 Å². The van der Waals surface area contributed by atoms with Gasteiger partial charge in [0.15, 0.2) is 0 Å². The number of aromatic nitrogens is 4. The Labute approximate surface area is 194 Å². The highest BCUT2D eigenvalue weighted by atomic mass is 32.2. The molecule has 0 aliphatic carbocycles. The summed E-state index contributed by atoms with van der Waals surface area (Å²) < 4.78 is 6.52. The fourth-order valence-electron chi connectivity index (χ4n) is 3.43. The number of nitrogens with zero attached hydrogens (tertiary/aromatic N) is 5. The highest BCUT2D eigenvalue weighted by Gasteiger charge is 2.19. The number of hydrogen-bond acceptors (Lipinski definition) is 7. The van der Waals surface area contributed by atoms with E-state index in [1.165, 1.54) is 18.9 Å². The molecular weight excluding hydrogens is 440 g/mol. The van der Waals surface area contributed by atoms with E-state index in [0.29, 0.717) is 16.4 Å². The van der Waals surface area contributed by atoms with Crippen LogP contribution in [0.5, 0.6) is 0 Å². The van der Waals surface area contributed by atoms with Gasteiger partial charge in [0, 0.05) is 31.2 Å². The van der Waals surface area contributed by atoms with Gasteiger partial charge < -0.3 is 9.64 Å². The molecule has 0 radical (unpaired) electrons. The number of methoxy groups -OCH3 is 1. The summed E-state index contributed by atoms with van der Waals surface area (Å²) in [4.78, 5) is 39.3. The van der Waals surface area contributed by atoms with Crippen molar-refractivity contribution in [1.29, 1.82) is 0 Å². The number of thioether (sulfide) groups is 1. The van der Waals surface area contributed by atoms with Crippen molar-refractivity contribution in [3.63, 3.8) is 0 Å². The molecule has 1 N–H and O–H groups in total. The predicted octanol–water partition coefficient (Wildman–Crippen LogP) is 4.28. The fourth-order valence-corrected chi connectivity index (χ4v) is 3.97. The third-order valence-electron chi connectivity index (χ3n) is 5.14. The molecule has 9 nitrogen and oxygen atoms in total. The zero-order valence-corrected chi connectivity index (χ0v) is 19.4. The summed E-state index contributed by atoms with van der Waals surface area (Å²) >= 11 is 1.43. The van der Waals surface area contributed by atoms with E-state index in [9.17, 15) is 9.59 Å². The van der Waals surface area contributed by atoms with Crippen LogP contribution in [-0.2, 0) is 4.74 Å². The molecule has 168 valence electrons. The average Bonchev–Trinajstić information content (AvgIpc) is 3.28. The largest absolute Gasteiger partial charge is 0.453 e. The maximum absolute atomic E-state index is 13.2. The fraction of sp³-hybridized carbons (Fsp3) is 0.174. The Bertz CT molecular complexity index is 1340. The molecule has 0 saturated carbocycles. The number of aryl methyl sites for hydroxylation is 1. The van der Waals surface area contributed by atoms with Crippen molar-refractivity contribution in [1.82, 2.24) is 19.4 Å². The van der Waals surface area contributed by atoms with Crippen LogP contribution >= 0.6 is 11.8 Å². The Balaban J connectivity index is 1.70. The summed E-state index contributed by atoms with van der Waals surface area (Å²) in [5, 5.41) is 3.21. The lowest BCUT2D eigenvalue weighted by atomic mass is 10.2. The van der Waals surface area contributed by atoms with Gasteiger partial charge in [-0.25, -0.2) is 19.7 Å². The van der Waals surface area contributed by atoms with Crippen LogP contribution in [0.1, 0.15) is 15.9 Å². The van der Waals surface area contributed by atoms with E-state index in [-0.39, 0.29) is 5.91 Å². The summed E-state index contributed by atoms with van der Waals surface area (Å²) in [6.45, 7) is 1.95. The minimum atomic E-state index is -0.587. The lowest BCUT2D eigenvalue weighted by Gasteiger charge is -2.20. The first-order valence-electron chi connectivity index (χ1n) is 9.99. The Morgan fingerprint density at radius 1 is 1.15 bits per heavy atom. The highest BCUT2D eigenvalue weighted by molar-refractivity contribution is 7.98. The molecular formula is C23H22N6O3S. The van der Waals surface area contributed by atoms with Gasteiger partial charge in [0.05, 0.1) is 30.3 Å². The number of hydrogen-bond donors (Lipinski definition) is 1. The van der Waals surface area contributed by atoms with Crippen LogP contribution in [0.3, 0.4) is 0 Å². The number of anilines is 2. The Kier molecular flexibility index (Phi) is 6.27. The molecule has 0 aliphatic heterocycles. The molecule has 0 aliphatic rings. The van der Waals surface area contributed by atoms with Crippen molar-refractivity contribution in [2.24, 2.45) is 0 Å². The minimum Gasteiger partial charge on any atom is -0.453 e. The normalized spacial score (nSPS) is 10.8. The summed E-state index contributed by atoms with van der Waals surface area (Å²) in [7, 11) is 3.03. The number of pyridine rings is 3. The maximum atomic E-state index is 13.2. The molecule has 0 saturated heterocycles. The van der Waals surface area contributed by atoms with Gasteiger partial charge in [0.25, 0.3) is 5.91 Å². The van der Waals surface area contributed by atoms with Crippen LogP contribution < -0.4 is 10.2 Å². The Hall–Kier alpha value is -3.92. The zero-order valence-electron chi connectivity index (χ0n) is 18.6. The molecule has 4 heterocycles. The lowest BCUT2D eigenvalue weighted by Crippen LogP contribution is -2.27. The van der Waals surface area contributed by atoms with E-state index in [4.69, 9.17) is 0 Å². The third kappa shape index (κ3) is 4.37. The predicted molar refractivity (Wildman–Crippen MR) is 128 cm³/mol. The molecule has 0 bridgehead atoms. The van der Waals surface area contributed by atoms with Gasteiger partial charge in [0.2, 0.25) is 0 Å². The highest BCUT2D eigenvalue weighted by Crippen LogP contribution is 2.27. The summed E-state index contributed by atoms with van der Waals surface area (Å²) in [6.07, 6.45) is 8.26. The second-order valence-electron chi connectivity index (χ2n) is 7.19. The van der Waals surface area contributed by atoms with Crippen molar-refractivity contribution in [3.8, 4) is 11.3 Å². The van der Waals surface area contributed by atoms with E-state index in [2.05, 4.69) is 25.0 Å². The van der Waals surface area contributed by atoms with E-state index in [1.54, 1.807) is 48.7 Å². The topological polar surface area (TPSA) is 102 Å². The first-order valence-corrected chi connectivity index (χ1v) is 11.2. The number of imidazole rings is 1. The van der Waals surface area contributed by atoms with Crippen LogP contribution in [0.2, 0.25) is 0 Å². The van der Waals surface area contributed by atoms with E-state index in [0.717, 1.165) is 28.2 Å². The molecule has 2 amide bonds. The number of fused-ring (bicyclic) bond motifs is 1. The monoisotopic (exact) mass is 462 g/mol. The Morgan fingerprint density at radius 3 is 2.67 bits per heavy atom. The van der Waals surface area contributed by atoms with Gasteiger partial charge in [0.1, 0.15) is 16.5 Å². The van der Waals surface area contributed by atoms with Crippen LogP contribution in [-0.4, -0.2) is 51.8 Å². The average molecular weight is 463 g/mol. The number of rotatable bonds is 5. The van der Waals surface area contributed by atoms with Gasteiger partial charge in [-0.3, -0.25) is 14.5 Å². The molecule has 0 atom stereocenters. The molecule has 0 spiro atoms. The quantitative estimate of drug-likeness (QED) is 0.442. The van der Waals surface area contributed by atoms with Crippen LogP contribution in [0.4, 0.5) is 16.3 Å². The first-order chi connectivity index (χ1) is 15.9. The summed E-state index contributed by atoms with van der Waals surface area (Å²) in [5.41, 5.74) is 4.58. The van der Waals surface area contributed by atoms with Crippen LogP contribution in [0.25, 0.3) is 16.9 Å². The van der Waals surface area contributed by atoms with Crippen molar-refractivity contribution in [2.45, 2.75) is 11.9 Å². The summed E-state index contributed by atoms with van der Waals surface area (Å²) in [5.74, 6) is 0.232. The second kappa shape index (κ2) is 9.29. The van der Waals surface area contributed by atoms with Crippen molar-refractivity contribution < 1.29 is 14.3 Å². The van der Waals surface area contributed by atoms with Crippen molar-refractivity contribution in [3.05, 3.63) is 66.2 Å². The van der Waals surface area contributed by atoms with E-state index < -0.39 is 6.09 Å². The number of carbonyl (C=O) groups is 2. The van der Waals surface area contributed by atoms with E-state index >= 15 is 0 Å². The SMILES string of the molecule is COC(=O)Nc1ccc(-c2cnc3c(C)cc(N(C)C(=O)c4cccnc4SC)cn23)cn1. The van der Waals surface area contributed by atoms with Gasteiger partial charge >= 0.3 is 6.09 Å². The number of nitrogens with one attached hydrogen (secondary N) is 1. The number of ether oxygens (including phenoxy) is 1. The van der Waals surface area contributed by atoms with Crippen LogP contribution in [0.15, 0.2) is 60.1 Å². The standard InChI is InChI=1S/C23H22N6O3S/c1-14-10-16(28(2)22(30)17-6-5-9-24-21(17)33-4)13-29-18(12-26-20(14)29)15-7-8-19(25-11-15)27-23(31)32-3/h5-13H,1-4H3,(H,25,27,31). The maximum Gasteiger partial charge on any atom is 0.412 e. The molecule has 4 aromatic rings. The smallest absolute Gasteiger partial charge is 0.412 e. The van der Waals surface area contributed by atoms with Gasteiger partial charge in [-0.15, -0.1) is 11.8 Å². The molecule has 4 aromatic heterocycles. The molecule has 4 rings (SSSR count). The summed E-state index contributed by atoms with van der Waals surface area (Å²) in [6, 6.07) is 8.99. The lowest BCUT2D eigenvalue weighted by molar-refractivity contribution is 0.0989. The van der Waals surface area contributed by atoms with E-state index in [1.807, 2.05) is 35.9 Å². The minimum absolute atomic E-state index is 0.146.